The average Bonchev–Trinajstić information content (AvgIpc) is 2.93. The molecule has 0 atom stereocenters. The van der Waals surface area contributed by atoms with E-state index in [1.807, 2.05) is 19.9 Å². The number of aromatic nitrogens is 2. The molecule has 2 heterocycles. The molecule has 1 amide bonds. The molecule has 2 aromatic heterocycles. The number of hydrogen-bond acceptors (Lipinski definition) is 5. The zero-order valence-corrected chi connectivity index (χ0v) is 15.7. The van der Waals surface area contributed by atoms with E-state index in [0.717, 1.165) is 15.3 Å². The van der Waals surface area contributed by atoms with Gasteiger partial charge >= 0.3 is 10.7 Å². The van der Waals surface area contributed by atoms with Gasteiger partial charge in [-0.3, -0.25) is 4.79 Å². The molecule has 0 spiro atoms. The van der Waals surface area contributed by atoms with E-state index in [4.69, 9.17) is 0 Å². The first-order valence-electron chi connectivity index (χ1n) is 7.60. The van der Waals surface area contributed by atoms with Crippen molar-refractivity contribution in [3.05, 3.63) is 45.1 Å². The maximum atomic E-state index is 12.4. The van der Waals surface area contributed by atoms with E-state index >= 15 is 0 Å². The quantitative estimate of drug-likeness (QED) is 0.416. The van der Waals surface area contributed by atoms with Gasteiger partial charge < -0.3 is 10.4 Å². The van der Waals surface area contributed by atoms with Gasteiger partial charge in [-0.2, -0.15) is 4.57 Å². The zero-order chi connectivity index (χ0) is 18.1. The molecule has 0 bridgehead atoms. The highest BCUT2D eigenvalue weighted by Gasteiger charge is 2.19. The van der Waals surface area contributed by atoms with Crippen molar-refractivity contribution in [2.45, 2.75) is 19.0 Å². The van der Waals surface area contributed by atoms with Crippen LogP contribution in [0.2, 0.25) is 0 Å². The Morgan fingerprint density at radius 1 is 1.36 bits per heavy atom. The van der Waals surface area contributed by atoms with Crippen LogP contribution in [0.15, 0.2) is 34.2 Å². The summed E-state index contributed by atoms with van der Waals surface area (Å²) in [5.74, 6) is -0.111. The number of aromatic amines is 1. The Morgan fingerprint density at radius 2 is 2.12 bits per heavy atom. The van der Waals surface area contributed by atoms with Gasteiger partial charge in [-0.05, 0) is 49.4 Å². The van der Waals surface area contributed by atoms with Crippen LogP contribution in [0.25, 0.3) is 10.2 Å². The number of hydrogen-bond donors (Lipinski definition) is 2. The molecule has 130 valence electrons. The molecule has 0 unspecified atom stereocenters. The highest BCUT2D eigenvalue weighted by atomic mass is 32.2. The van der Waals surface area contributed by atoms with Crippen LogP contribution in [-0.4, -0.2) is 21.3 Å². The van der Waals surface area contributed by atoms with E-state index in [0.29, 0.717) is 16.2 Å². The molecule has 8 heteroatoms. The Bertz CT molecular complexity index is 1020. The zero-order valence-electron chi connectivity index (χ0n) is 14.0. The lowest BCUT2D eigenvalue weighted by molar-refractivity contribution is -0.404. The minimum Gasteiger partial charge on any atom is -0.506 e. The van der Waals surface area contributed by atoms with E-state index in [2.05, 4.69) is 10.3 Å². The normalized spacial score (nSPS) is 11.0. The maximum absolute atomic E-state index is 12.4. The van der Waals surface area contributed by atoms with Gasteiger partial charge in [0.05, 0.1) is 18.5 Å². The highest BCUT2D eigenvalue weighted by Crippen LogP contribution is 2.24. The smallest absolute Gasteiger partial charge is 0.346 e. The Kier molecular flexibility index (Phi) is 4.82. The number of H-pyrrole nitrogens is 1. The van der Waals surface area contributed by atoms with Crippen molar-refractivity contribution in [3.63, 3.8) is 0 Å². The number of amides is 1. The largest absolute Gasteiger partial charge is 0.506 e. The van der Waals surface area contributed by atoms with Gasteiger partial charge in [0.2, 0.25) is 5.91 Å². The first-order valence-corrected chi connectivity index (χ1v) is 9.40. The molecule has 25 heavy (non-hydrogen) atoms. The fourth-order valence-corrected chi connectivity index (χ4v) is 4.18. The highest BCUT2D eigenvalue weighted by molar-refractivity contribution is 7.99. The van der Waals surface area contributed by atoms with E-state index in [1.54, 1.807) is 25.2 Å². The lowest BCUT2D eigenvalue weighted by atomic mass is 10.2. The third kappa shape index (κ3) is 3.69. The van der Waals surface area contributed by atoms with Crippen LogP contribution >= 0.6 is 23.1 Å². The standard InChI is InChI=1S/C17H17N3O3S2/c1-9-4-5-13(21)12(6-9)18-14(22)8-24-17-19-15-11(7-10(2)25-15)16(23)20(17)3/h4-7,21H,8H2,1-3H3,(H,18,22)/p+1. The number of benzene rings is 1. The molecule has 0 aliphatic carbocycles. The summed E-state index contributed by atoms with van der Waals surface area (Å²) < 4.78 is 1.51. The van der Waals surface area contributed by atoms with Crippen LogP contribution in [0, 0.1) is 13.8 Å². The summed E-state index contributed by atoms with van der Waals surface area (Å²) in [6.07, 6.45) is 0. The number of phenols is 1. The predicted molar refractivity (Wildman–Crippen MR) is 101 cm³/mol. The molecular formula is C17H18N3O3S2+. The molecule has 0 aliphatic heterocycles. The molecule has 0 saturated heterocycles. The van der Waals surface area contributed by atoms with E-state index in [-0.39, 0.29) is 23.0 Å². The van der Waals surface area contributed by atoms with Crippen LogP contribution in [0.3, 0.4) is 0 Å². The Hall–Kier alpha value is -2.32. The third-order valence-electron chi connectivity index (χ3n) is 3.68. The van der Waals surface area contributed by atoms with Gasteiger partial charge in [-0.25, -0.2) is 9.78 Å². The second kappa shape index (κ2) is 6.89. The number of anilines is 1. The minimum absolute atomic E-state index is 0.0263. The van der Waals surface area contributed by atoms with Crippen LogP contribution in [0.4, 0.5) is 5.69 Å². The molecule has 3 rings (SSSR count). The molecule has 0 aliphatic rings. The number of rotatable bonds is 4. The second-order valence-electron chi connectivity index (χ2n) is 5.75. The summed E-state index contributed by atoms with van der Waals surface area (Å²) in [6, 6.07) is 6.88. The monoisotopic (exact) mass is 376 g/mol. The number of nitrogens with zero attached hydrogens (tertiary/aromatic N) is 1. The first-order chi connectivity index (χ1) is 11.8. The van der Waals surface area contributed by atoms with E-state index in [9.17, 15) is 14.7 Å². The van der Waals surface area contributed by atoms with Crippen molar-refractivity contribution in [3.8, 4) is 5.75 Å². The van der Waals surface area contributed by atoms with Crippen molar-refractivity contribution in [2.24, 2.45) is 7.05 Å². The van der Waals surface area contributed by atoms with E-state index < -0.39 is 0 Å². The van der Waals surface area contributed by atoms with Crippen LogP contribution in [-0.2, 0) is 11.8 Å². The van der Waals surface area contributed by atoms with Gasteiger partial charge in [-0.1, -0.05) is 17.4 Å². The molecule has 3 N–H and O–H groups in total. The molecular weight excluding hydrogens is 358 g/mol. The van der Waals surface area contributed by atoms with Crippen LogP contribution in [0.1, 0.15) is 10.4 Å². The number of carbonyl (C=O) groups excluding carboxylic acids is 1. The summed E-state index contributed by atoms with van der Waals surface area (Å²) in [6.45, 7) is 3.83. The average molecular weight is 376 g/mol. The second-order valence-corrected chi connectivity index (χ2v) is 7.97. The molecule has 1 aromatic carbocycles. The third-order valence-corrected chi connectivity index (χ3v) is 5.70. The maximum Gasteiger partial charge on any atom is 0.346 e. The fourth-order valence-electron chi connectivity index (χ4n) is 2.42. The summed E-state index contributed by atoms with van der Waals surface area (Å²) in [4.78, 5) is 29.6. The predicted octanol–water partition coefficient (Wildman–Crippen LogP) is 2.47. The molecule has 0 fully saturated rings. The van der Waals surface area contributed by atoms with Crippen molar-refractivity contribution in [1.29, 1.82) is 0 Å². The number of phenolic OH excluding ortho intramolecular Hbond substituents is 1. The van der Waals surface area contributed by atoms with Gasteiger partial charge in [0.1, 0.15) is 11.1 Å². The number of aromatic hydroxyl groups is 1. The van der Waals surface area contributed by atoms with Crippen molar-refractivity contribution < 1.29 is 14.9 Å². The van der Waals surface area contributed by atoms with Crippen molar-refractivity contribution >= 4 is 44.9 Å². The topological polar surface area (TPSA) is 85.5 Å². The summed E-state index contributed by atoms with van der Waals surface area (Å²) in [7, 11) is 1.68. The Labute approximate surface area is 152 Å². The summed E-state index contributed by atoms with van der Waals surface area (Å²) in [5.41, 5.74) is 1.24. The summed E-state index contributed by atoms with van der Waals surface area (Å²) in [5, 5.41) is 13.8. The van der Waals surface area contributed by atoms with E-state index in [1.165, 1.54) is 27.7 Å². The van der Waals surface area contributed by atoms with Crippen LogP contribution < -0.4 is 15.9 Å². The molecule has 3 aromatic rings. The number of aryl methyl sites for hydroxylation is 2. The number of nitrogens with one attached hydrogen (secondary N) is 2. The van der Waals surface area contributed by atoms with Gasteiger partial charge in [0.15, 0.2) is 4.83 Å². The van der Waals surface area contributed by atoms with Crippen molar-refractivity contribution in [1.82, 2.24) is 4.57 Å². The lowest BCUT2D eigenvalue weighted by Gasteiger charge is -2.07. The number of thioether (sulfide) groups is 1. The Balaban J connectivity index is 1.76. The lowest BCUT2D eigenvalue weighted by Crippen LogP contribution is -2.27. The number of carbonyl (C=O) groups is 1. The summed E-state index contributed by atoms with van der Waals surface area (Å²) >= 11 is 2.76. The van der Waals surface area contributed by atoms with Crippen LogP contribution in [0.5, 0.6) is 5.75 Å². The fraction of sp³-hybridized carbons (Fsp3) is 0.235. The van der Waals surface area contributed by atoms with Gasteiger partial charge in [0, 0.05) is 4.88 Å². The molecule has 0 radical (unpaired) electrons. The first kappa shape index (κ1) is 17.5. The van der Waals surface area contributed by atoms with Crippen molar-refractivity contribution in [2.75, 3.05) is 11.1 Å². The molecule has 0 saturated carbocycles. The molecule has 6 nitrogen and oxygen atoms in total. The van der Waals surface area contributed by atoms with Gasteiger partial charge in [0.25, 0.3) is 0 Å². The Morgan fingerprint density at radius 3 is 2.88 bits per heavy atom. The number of fused-ring (bicyclic) bond motifs is 1. The SMILES string of the molecule is Cc1ccc(O)c(NC(=O)CSc2[nH+]c3sc(C)cc3c(=O)n2C)c1. The number of thiophene rings is 1. The van der Waals surface area contributed by atoms with Gasteiger partial charge in [-0.15, -0.1) is 0 Å². The minimum atomic E-state index is -0.255.